The van der Waals surface area contributed by atoms with Gasteiger partial charge in [-0.05, 0) is 31.5 Å². The number of nitrogens with zero attached hydrogens (tertiary/aromatic N) is 5. The predicted molar refractivity (Wildman–Crippen MR) is 144 cm³/mol. The van der Waals surface area contributed by atoms with Crippen LogP contribution in [0.4, 0.5) is 5.69 Å². The Kier molecular flexibility index (Phi) is 5.27. The molecule has 1 fully saturated rings. The highest BCUT2D eigenvalue weighted by molar-refractivity contribution is 6.47. The third kappa shape index (κ3) is 3.63. The second-order valence-electron chi connectivity index (χ2n) is 10.3. The third-order valence-electron chi connectivity index (χ3n) is 7.67. The number of hydrogen-bond acceptors (Lipinski definition) is 7. The molecule has 2 aromatic heterocycles. The number of nitrogens with one attached hydrogen (secondary N) is 1. The molecule has 0 spiro atoms. The van der Waals surface area contributed by atoms with Crippen LogP contribution in [-0.4, -0.2) is 69.1 Å². The number of aliphatic imine (C=N–C) groups is 1. The van der Waals surface area contributed by atoms with Crippen molar-refractivity contribution in [2.75, 3.05) is 18.0 Å². The number of benzene rings is 1. The van der Waals surface area contributed by atoms with E-state index >= 15 is 0 Å². The molecule has 0 radical (unpaired) electrons. The minimum absolute atomic E-state index is 0.0324. The van der Waals surface area contributed by atoms with Crippen LogP contribution in [-0.2, 0) is 25.5 Å². The molecule has 3 atom stereocenters. The van der Waals surface area contributed by atoms with Gasteiger partial charge in [0.1, 0.15) is 11.7 Å². The zero-order chi connectivity index (χ0) is 26.8. The van der Waals surface area contributed by atoms with Crippen molar-refractivity contribution in [1.82, 2.24) is 19.6 Å². The maximum absolute atomic E-state index is 13.8. The monoisotopic (exact) mass is 522 g/mol. The SMILES string of the molecule is C[C@@H]1CN(C(=O)C2Cc3cccc4c3N2C=CN=C4C2=C(c3cnc4ccccn34)C(=O)NC2=O)C[C@H](C)O1. The number of fused-ring (bicyclic) bond motifs is 1. The molecular formula is C29H26N6O4. The number of amides is 3. The van der Waals surface area contributed by atoms with Gasteiger partial charge in [-0.3, -0.25) is 29.1 Å². The van der Waals surface area contributed by atoms with Gasteiger partial charge in [0.25, 0.3) is 11.8 Å². The van der Waals surface area contributed by atoms with Gasteiger partial charge in [0.2, 0.25) is 5.91 Å². The summed E-state index contributed by atoms with van der Waals surface area (Å²) in [7, 11) is 0. The van der Waals surface area contributed by atoms with Crippen molar-refractivity contribution < 1.29 is 19.1 Å². The van der Waals surface area contributed by atoms with Crippen LogP contribution in [0.5, 0.6) is 0 Å². The summed E-state index contributed by atoms with van der Waals surface area (Å²) in [5, 5.41) is 2.45. The first kappa shape index (κ1) is 23.5. The van der Waals surface area contributed by atoms with Gasteiger partial charge in [-0.1, -0.05) is 24.3 Å². The number of pyridine rings is 1. The van der Waals surface area contributed by atoms with Gasteiger partial charge in [-0.15, -0.1) is 0 Å². The van der Waals surface area contributed by atoms with Crippen molar-refractivity contribution in [2.45, 2.75) is 38.5 Å². The molecule has 3 amide bonds. The standard InChI is InChI=1S/C29H26N6O4/c1-16-14-33(15-17(2)39-16)29(38)20-12-18-6-5-7-19-25(30-9-11-35(20)26(18)19)24-23(27(36)32-28(24)37)21-13-31-22-8-3-4-10-34(21)22/h3-11,13,16-17,20H,12,14-15H2,1-2H3,(H,32,36,37)/t16-,17+,20?. The number of rotatable bonds is 3. The Labute approximate surface area is 224 Å². The lowest BCUT2D eigenvalue weighted by atomic mass is 9.94. The van der Waals surface area contributed by atoms with Gasteiger partial charge in [0.15, 0.2) is 0 Å². The van der Waals surface area contributed by atoms with E-state index in [9.17, 15) is 14.4 Å². The first-order valence-electron chi connectivity index (χ1n) is 13.0. The van der Waals surface area contributed by atoms with Crippen LogP contribution >= 0.6 is 0 Å². The molecule has 4 aliphatic rings. The van der Waals surface area contributed by atoms with E-state index in [0.717, 1.165) is 11.3 Å². The Balaban J connectivity index is 1.32. The van der Waals surface area contributed by atoms with Crippen molar-refractivity contribution >= 4 is 40.3 Å². The van der Waals surface area contributed by atoms with E-state index < -0.39 is 17.9 Å². The molecule has 39 heavy (non-hydrogen) atoms. The van der Waals surface area contributed by atoms with Crippen LogP contribution in [0.2, 0.25) is 0 Å². The van der Waals surface area contributed by atoms with Crippen molar-refractivity contribution in [1.29, 1.82) is 0 Å². The number of para-hydroxylation sites is 1. The van der Waals surface area contributed by atoms with Crippen molar-refractivity contribution in [3.8, 4) is 0 Å². The topological polar surface area (TPSA) is 109 Å². The summed E-state index contributed by atoms with van der Waals surface area (Å²) >= 11 is 0. The molecule has 1 N–H and O–H groups in total. The molecule has 7 rings (SSSR count). The van der Waals surface area contributed by atoms with Gasteiger partial charge in [-0.2, -0.15) is 0 Å². The van der Waals surface area contributed by atoms with E-state index in [0.29, 0.717) is 42.1 Å². The average molecular weight is 523 g/mol. The Morgan fingerprint density at radius 3 is 2.64 bits per heavy atom. The number of ether oxygens (including phenoxy) is 1. The van der Waals surface area contributed by atoms with Crippen LogP contribution in [0, 0.1) is 0 Å². The van der Waals surface area contributed by atoms with E-state index in [1.54, 1.807) is 29.2 Å². The largest absolute Gasteiger partial charge is 0.372 e. The lowest BCUT2D eigenvalue weighted by molar-refractivity contribution is -0.144. The van der Waals surface area contributed by atoms with Crippen LogP contribution < -0.4 is 10.2 Å². The molecule has 0 saturated carbocycles. The third-order valence-corrected chi connectivity index (χ3v) is 7.67. The van der Waals surface area contributed by atoms with Crippen LogP contribution in [0.3, 0.4) is 0 Å². The van der Waals surface area contributed by atoms with Gasteiger partial charge in [0, 0.05) is 43.7 Å². The van der Waals surface area contributed by atoms with Gasteiger partial charge in [0.05, 0.1) is 46.6 Å². The Bertz CT molecular complexity index is 1660. The molecule has 0 aliphatic carbocycles. The summed E-state index contributed by atoms with van der Waals surface area (Å²) in [6.45, 7) is 5.04. The van der Waals surface area contributed by atoms with Crippen molar-refractivity contribution in [3.63, 3.8) is 0 Å². The predicted octanol–water partition coefficient (Wildman–Crippen LogP) is 2.09. The minimum atomic E-state index is -0.513. The van der Waals surface area contributed by atoms with E-state index in [-0.39, 0.29) is 29.3 Å². The molecule has 10 heteroatoms. The number of hydrogen-bond donors (Lipinski definition) is 1. The molecule has 0 bridgehead atoms. The van der Waals surface area contributed by atoms with Gasteiger partial charge < -0.3 is 14.5 Å². The summed E-state index contributed by atoms with van der Waals surface area (Å²) in [4.78, 5) is 53.1. The maximum atomic E-state index is 13.8. The molecule has 1 aromatic carbocycles. The number of anilines is 1. The summed E-state index contributed by atoms with van der Waals surface area (Å²) in [5.74, 6) is -0.975. The molecule has 10 nitrogen and oxygen atoms in total. The summed E-state index contributed by atoms with van der Waals surface area (Å²) in [6.07, 6.45) is 7.26. The molecule has 1 saturated heterocycles. The highest BCUT2D eigenvalue weighted by Crippen LogP contribution is 2.40. The fraction of sp³-hybridized carbons (Fsp3) is 0.276. The van der Waals surface area contributed by atoms with Crippen LogP contribution in [0.15, 0.2) is 71.8 Å². The van der Waals surface area contributed by atoms with E-state index in [1.807, 2.05) is 60.0 Å². The van der Waals surface area contributed by atoms with Crippen molar-refractivity contribution in [3.05, 3.63) is 83.6 Å². The Morgan fingerprint density at radius 1 is 1.03 bits per heavy atom. The Hall–Kier alpha value is -4.57. The highest BCUT2D eigenvalue weighted by Gasteiger charge is 2.42. The zero-order valence-corrected chi connectivity index (χ0v) is 21.5. The number of carbonyl (C=O) groups is 3. The first-order chi connectivity index (χ1) is 18.9. The first-order valence-corrected chi connectivity index (χ1v) is 13.0. The number of aromatic nitrogens is 2. The van der Waals surface area contributed by atoms with E-state index in [2.05, 4.69) is 15.3 Å². The second-order valence-corrected chi connectivity index (χ2v) is 10.3. The number of carbonyl (C=O) groups excluding carboxylic acids is 3. The summed E-state index contributed by atoms with van der Waals surface area (Å²) < 4.78 is 7.61. The normalized spacial score (nSPS) is 24.3. The molecule has 3 aromatic rings. The minimum Gasteiger partial charge on any atom is -0.372 e. The average Bonchev–Trinajstić information content (AvgIpc) is 3.54. The van der Waals surface area contributed by atoms with Crippen LogP contribution in [0.1, 0.15) is 30.7 Å². The van der Waals surface area contributed by atoms with Gasteiger partial charge >= 0.3 is 0 Å². The summed E-state index contributed by atoms with van der Waals surface area (Å²) in [6, 6.07) is 10.9. The fourth-order valence-electron chi connectivity index (χ4n) is 6.16. The molecule has 4 aliphatic heterocycles. The lowest BCUT2D eigenvalue weighted by Crippen LogP contribution is -2.53. The highest BCUT2D eigenvalue weighted by atomic mass is 16.5. The zero-order valence-electron chi connectivity index (χ0n) is 21.5. The molecule has 1 unspecified atom stereocenters. The van der Waals surface area contributed by atoms with E-state index in [1.165, 1.54) is 0 Å². The van der Waals surface area contributed by atoms with E-state index in [4.69, 9.17) is 4.74 Å². The number of morpholine rings is 1. The van der Waals surface area contributed by atoms with Gasteiger partial charge in [-0.25, -0.2) is 4.98 Å². The quantitative estimate of drug-likeness (QED) is 0.528. The summed E-state index contributed by atoms with van der Waals surface area (Å²) in [5.41, 5.74) is 4.48. The molecule has 196 valence electrons. The fourth-order valence-corrected chi connectivity index (χ4v) is 6.16. The number of imidazole rings is 1. The molecular weight excluding hydrogens is 496 g/mol. The molecule has 6 heterocycles. The Morgan fingerprint density at radius 2 is 1.82 bits per heavy atom. The second kappa shape index (κ2) is 8.74. The maximum Gasteiger partial charge on any atom is 0.261 e. The number of imide groups is 1. The lowest BCUT2D eigenvalue weighted by Gasteiger charge is -2.38. The van der Waals surface area contributed by atoms with Crippen molar-refractivity contribution in [2.24, 2.45) is 4.99 Å². The smallest absolute Gasteiger partial charge is 0.261 e. The van der Waals surface area contributed by atoms with Crippen LogP contribution in [0.25, 0.3) is 11.2 Å².